The minimum atomic E-state index is -1.65. The molecule has 0 aromatic rings. The van der Waals surface area contributed by atoms with Gasteiger partial charge in [-0.15, -0.1) is 0 Å². The molecule has 0 radical (unpaired) electrons. The molecule has 8 fully saturated rings. The second-order valence-electron chi connectivity index (χ2n) is 20.8. The van der Waals surface area contributed by atoms with E-state index in [0.29, 0.717) is 48.0 Å². The van der Waals surface area contributed by atoms with E-state index in [9.17, 15) is 35.7 Å². The fourth-order valence-electron chi connectivity index (χ4n) is 13.8. The van der Waals surface area contributed by atoms with Crippen LogP contribution < -0.4 is 5.32 Å². The summed E-state index contributed by atoms with van der Waals surface area (Å²) in [6.45, 7) is 13.8. The number of piperidine rings is 1. The van der Waals surface area contributed by atoms with E-state index in [-0.39, 0.29) is 29.3 Å². The molecule has 9 rings (SSSR count). The van der Waals surface area contributed by atoms with Crippen molar-refractivity contribution < 1.29 is 68.9 Å². The molecule has 9 aliphatic rings. The Kier molecular flexibility index (Phi) is 11.8. The summed E-state index contributed by atoms with van der Waals surface area (Å²) in [7, 11) is 0. The Hall–Kier alpha value is -0.860. The van der Waals surface area contributed by atoms with E-state index in [1.807, 2.05) is 0 Å². The number of allylic oxidation sites excluding steroid dienone is 1. The normalized spacial score (nSPS) is 58.7. The van der Waals surface area contributed by atoms with Crippen LogP contribution in [0.2, 0.25) is 0 Å². The number of hydrogen-bond donors (Lipinski definition) is 8. The first-order valence-electron chi connectivity index (χ1n) is 22.7. The van der Waals surface area contributed by atoms with Gasteiger partial charge in [0.05, 0.1) is 31.0 Å². The van der Waals surface area contributed by atoms with Crippen LogP contribution in [0.5, 0.6) is 0 Å². The monoisotopic (exact) mass is 837 g/mol. The molecule has 0 amide bonds. The van der Waals surface area contributed by atoms with Crippen molar-refractivity contribution in [2.45, 2.75) is 203 Å². The number of fused-ring (bicyclic) bond motifs is 7. The van der Waals surface area contributed by atoms with Gasteiger partial charge >= 0.3 is 0 Å². The summed E-state index contributed by atoms with van der Waals surface area (Å²) in [5, 5.41) is 78.7. The van der Waals surface area contributed by atoms with Gasteiger partial charge in [-0.2, -0.15) is 0 Å². The van der Waals surface area contributed by atoms with Crippen molar-refractivity contribution in [3.05, 3.63) is 11.6 Å². The van der Waals surface area contributed by atoms with Gasteiger partial charge in [-0.3, -0.25) is 5.32 Å². The zero-order valence-corrected chi connectivity index (χ0v) is 35.5. The number of hydrogen-bond acceptors (Lipinski definition) is 15. The zero-order valence-electron chi connectivity index (χ0n) is 35.5. The minimum Gasteiger partial charge on any atom is -0.388 e. The smallest absolute Gasteiger partial charge is 0.187 e. The topological polar surface area (TPSA) is 218 Å². The lowest BCUT2D eigenvalue weighted by molar-refractivity contribution is -0.375. The Labute approximate surface area is 348 Å². The van der Waals surface area contributed by atoms with E-state index in [0.717, 1.165) is 38.6 Å². The van der Waals surface area contributed by atoms with Crippen molar-refractivity contribution in [2.75, 3.05) is 13.2 Å². The minimum absolute atomic E-state index is 0.0433. The lowest BCUT2D eigenvalue weighted by atomic mass is 9.47. The van der Waals surface area contributed by atoms with E-state index < -0.39 is 86.0 Å². The van der Waals surface area contributed by atoms with Crippen LogP contribution in [-0.2, 0) is 33.2 Å². The van der Waals surface area contributed by atoms with E-state index in [4.69, 9.17) is 33.2 Å². The third-order valence-corrected chi connectivity index (χ3v) is 17.5. The van der Waals surface area contributed by atoms with Crippen molar-refractivity contribution in [3.8, 4) is 0 Å². The number of nitrogens with one attached hydrogen (secondary N) is 1. The Morgan fingerprint density at radius 2 is 1.39 bits per heavy atom. The van der Waals surface area contributed by atoms with Crippen LogP contribution >= 0.6 is 0 Å². The van der Waals surface area contributed by atoms with Gasteiger partial charge in [0.2, 0.25) is 0 Å². The molecule has 15 heteroatoms. The van der Waals surface area contributed by atoms with Gasteiger partial charge < -0.3 is 68.9 Å². The number of aliphatic hydroxyl groups excluding tert-OH is 7. The van der Waals surface area contributed by atoms with Crippen LogP contribution in [-0.4, -0.2) is 153 Å². The summed E-state index contributed by atoms with van der Waals surface area (Å²) in [4.78, 5) is 0. The summed E-state index contributed by atoms with van der Waals surface area (Å²) in [5.74, 6) is 3.57. The molecule has 0 aromatic heterocycles. The maximum atomic E-state index is 11.8. The fourth-order valence-corrected chi connectivity index (χ4v) is 13.8. The molecular weight excluding hydrogens is 766 g/mol. The van der Waals surface area contributed by atoms with Crippen LogP contribution in [0, 0.1) is 46.3 Å². The Morgan fingerprint density at radius 1 is 0.712 bits per heavy atom. The van der Waals surface area contributed by atoms with Gasteiger partial charge in [-0.1, -0.05) is 39.3 Å². The molecule has 4 aliphatic carbocycles. The quantitative estimate of drug-likeness (QED) is 0.178. The Bertz CT molecular complexity index is 1550. The molecule has 8 N–H and O–H groups in total. The highest BCUT2D eigenvalue weighted by atomic mass is 16.8. The SMILES string of the molecule is C[C@@H]1CC[C@@]2(NC1)O[C@H]1C[C@H]3[C@@H]4CC=C5C[C@@H](O[C@@H]6OC[C@@H](O[C@@H]7O[C@@H](C)[C@H](O)[C@@H](O)[C@H]7O)[C@H](O)[C@H]6O[C@@H]6O[C@@H](C)[C@H](O)[C@@H](O)[C@H]6O)CC[C@]5(C)[C@H]4CC[C@]3(C)[C@H]1[C@@H]2C. The molecule has 1 spiro atoms. The first kappa shape index (κ1) is 43.4. The highest BCUT2D eigenvalue weighted by Gasteiger charge is 2.68. The molecule has 5 saturated heterocycles. The maximum Gasteiger partial charge on any atom is 0.187 e. The first-order valence-corrected chi connectivity index (χ1v) is 22.7. The zero-order chi connectivity index (χ0) is 41.9. The third-order valence-electron chi connectivity index (χ3n) is 17.5. The van der Waals surface area contributed by atoms with Crippen molar-refractivity contribution in [3.63, 3.8) is 0 Å². The second kappa shape index (κ2) is 16.0. The standard InChI is InChI=1S/C44H71NO14/c1-19-9-14-44(45-17-19)20(2)30-28(59-44)16-27-25-8-7-23-15-24(10-12-42(23,5)26(25)11-13-43(27,30)6)56-41-38(58-40-37(52)35(50)32(47)22(4)55-40)33(48)29(18-53-41)57-39-36(51)34(49)31(46)21(3)54-39/h7,19-22,24-41,45-52H,8-18H2,1-6H3/t19-,20+,21+,22+,24+,25-,26+,27+,28+,29-,30+,31+,32+,33+,34-,35-,36-,37-,38-,39+,40+,41+,42+,43+,44-/m1/s1. The van der Waals surface area contributed by atoms with E-state index >= 15 is 0 Å². The number of ether oxygens (including phenoxy) is 7. The molecule has 0 unspecified atom stereocenters. The van der Waals surface area contributed by atoms with Crippen molar-refractivity contribution in [2.24, 2.45) is 46.3 Å². The average molecular weight is 838 g/mol. The van der Waals surface area contributed by atoms with Crippen LogP contribution in [0.25, 0.3) is 0 Å². The van der Waals surface area contributed by atoms with Crippen molar-refractivity contribution in [1.82, 2.24) is 5.32 Å². The summed E-state index contributed by atoms with van der Waals surface area (Å²) in [5.41, 5.74) is 1.55. The molecule has 25 atom stereocenters. The summed E-state index contributed by atoms with van der Waals surface area (Å²) >= 11 is 0. The van der Waals surface area contributed by atoms with Gasteiger partial charge in [0.1, 0.15) is 60.7 Å². The Balaban J connectivity index is 0.891. The van der Waals surface area contributed by atoms with E-state index in [1.165, 1.54) is 38.7 Å². The van der Waals surface area contributed by atoms with Gasteiger partial charge in [0.25, 0.3) is 0 Å². The Morgan fingerprint density at radius 3 is 2.05 bits per heavy atom. The number of rotatable bonds is 6. The highest BCUT2D eigenvalue weighted by Crippen LogP contribution is 2.70. The predicted octanol–water partition coefficient (Wildman–Crippen LogP) is 1.45. The molecule has 15 nitrogen and oxygen atoms in total. The molecule has 336 valence electrons. The van der Waals surface area contributed by atoms with Crippen molar-refractivity contribution >= 4 is 0 Å². The van der Waals surface area contributed by atoms with E-state index in [1.54, 1.807) is 0 Å². The molecule has 59 heavy (non-hydrogen) atoms. The van der Waals surface area contributed by atoms with Crippen LogP contribution in [0.4, 0.5) is 0 Å². The van der Waals surface area contributed by atoms with Crippen molar-refractivity contribution in [1.29, 1.82) is 0 Å². The van der Waals surface area contributed by atoms with Crippen LogP contribution in [0.15, 0.2) is 11.6 Å². The molecular formula is C44H71NO14. The summed E-state index contributed by atoms with van der Waals surface area (Å²) < 4.78 is 43.5. The lowest BCUT2D eigenvalue weighted by Gasteiger charge is -2.59. The first-order chi connectivity index (χ1) is 28.0. The fraction of sp³-hybridized carbons (Fsp3) is 0.955. The van der Waals surface area contributed by atoms with Gasteiger partial charge in [-0.25, -0.2) is 0 Å². The van der Waals surface area contributed by atoms with Gasteiger partial charge in [0, 0.05) is 12.5 Å². The van der Waals surface area contributed by atoms with E-state index in [2.05, 4.69) is 39.1 Å². The predicted molar refractivity (Wildman–Crippen MR) is 209 cm³/mol. The maximum absolute atomic E-state index is 11.8. The number of aliphatic hydroxyl groups is 7. The average Bonchev–Trinajstić information content (AvgIpc) is 3.66. The summed E-state index contributed by atoms with van der Waals surface area (Å²) in [6.07, 6.45) is -6.82. The highest BCUT2D eigenvalue weighted by molar-refractivity contribution is 5.26. The molecule has 5 aliphatic heterocycles. The third kappa shape index (κ3) is 7.13. The molecule has 0 aromatic carbocycles. The molecule has 5 heterocycles. The molecule has 3 saturated carbocycles. The second-order valence-corrected chi connectivity index (χ2v) is 20.8. The van der Waals surface area contributed by atoms with Crippen LogP contribution in [0.1, 0.15) is 99.3 Å². The molecule has 0 bridgehead atoms. The van der Waals surface area contributed by atoms with Gasteiger partial charge in [-0.05, 0) is 112 Å². The summed E-state index contributed by atoms with van der Waals surface area (Å²) in [6, 6.07) is 0. The van der Waals surface area contributed by atoms with Crippen LogP contribution in [0.3, 0.4) is 0 Å². The lowest BCUT2D eigenvalue weighted by Crippen LogP contribution is -2.64. The van der Waals surface area contributed by atoms with Gasteiger partial charge in [0.15, 0.2) is 18.9 Å². The largest absolute Gasteiger partial charge is 0.388 e.